The maximum Gasteiger partial charge on any atom is 0.336 e. The molecule has 1 saturated carbocycles. The van der Waals surface area contributed by atoms with Gasteiger partial charge in [-0.2, -0.15) is 0 Å². The predicted octanol–water partition coefficient (Wildman–Crippen LogP) is 0.805. The summed E-state index contributed by atoms with van der Waals surface area (Å²) in [6, 6.07) is 5.06. The molecule has 6 heteroatoms. The minimum atomic E-state index is -1.21. The number of ketones is 2. The fraction of sp³-hybridized carbons (Fsp3) is 0.286. The topological polar surface area (TPSA) is 101 Å². The molecule has 6 nitrogen and oxygen atoms in total. The number of nitrogens with one attached hydrogen (secondary N) is 1. The molecular formula is C14H13NO5. The highest BCUT2D eigenvalue weighted by atomic mass is 16.4. The number of amides is 1. The van der Waals surface area contributed by atoms with E-state index in [0.29, 0.717) is 0 Å². The van der Waals surface area contributed by atoms with Gasteiger partial charge in [-0.25, -0.2) is 4.79 Å². The van der Waals surface area contributed by atoms with Gasteiger partial charge < -0.3 is 10.4 Å². The van der Waals surface area contributed by atoms with Crippen molar-refractivity contribution in [3.63, 3.8) is 0 Å². The third-order valence-electron chi connectivity index (χ3n) is 3.18. The molecule has 0 bridgehead atoms. The average Bonchev–Trinajstić information content (AvgIpc) is 2.41. The van der Waals surface area contributed by atoms with Crippen molar-refractivity contribution in [1.82, 2.24) is 5.32 Å². The van der Waals surface area contributed by atoms with Crippen LogP contribution in [-0.2, 0) is 9.59 Å². The summed E-state index contributed by atoms with van der Waals surface area (Å²) in [4.78, 5) is 45.8. The van der Waals surface area contributed by atoms with Crippen molar-refractivity contribution in [3.05, 3.63) is 35.4 Å². The highest BCUT2D eigenvalue weighted by molar-refractivity contribution is 6.08. The van der Waals surface area contributed by atoms with E-state index in [1.807, 2.05) is 0 Å². The number of carboxylic acids is 1. The zero-order chi connectivity index (χ0) is 14.7. The predicted molar refractivity (Wildman–Crippen MR) is 68.5 cm³/mol. The van der Waals surface area contributed by atoms with Crippen LogP contribution in [0.25, 0.3) is 0 Å². The van der Waals surface area contributed by atoms with Gasteiger partial charge in [0.2, 0.25) is 0 Å². The Kier molecular flexibility index (Phi) is 3.93. The molecule has 2 N–H and O–H groups in total. The van der Waals surface area contributed by atoms with Crippen molar-refractivity contribution in [2.24, 2.45) is 0 Å². The number of Topliss-reactive ketones (excluding diaryl/α,β-unsaturated/α-hetero) is 2. The minimum Gasteiger partial charge on any atom is -0.478 e. The molecule has 1 aromatic carbocycles. The van der Waals surface area contributed by atoms with E-state index < -0.39 is 17.9 Å². The second-order valence-corrected chi connectivity index (χ2v) is 4.60. The van der Waals surface area contributed by atoms with Crippen LogP contribution in [0, 0.1) is 0 Å². The maximum atomic E-state index is 12.1. The number of carbonyl (C=O) groups is 4. The van der Waals surface area contributed by atoms with E-state index in [0.717, 1.165) is 0 Å². The first-order valence-electron chi connectivity index (χ1n) is 6.16. The Morgan fingerprint density at radius 2 is 1.80 bits per heavy atom. The standard InChI is InChI=1S/C14H13NO5/c16-8-5-6-11(12(17)7-8)15-13(18)9-3-1-2-4-10(9)14(19)20/h1-4,11H,5-7H2,(H,15,18)(H,19,20). The first-order valence-corrected chi connectivity index (χ1v) is 6.16. The second-order valence-electron chi connectivity index (χ2n) is 4.60. The van der Waals surface area contributed by atoms with Crippen LogP contribution in [0.1, 0.15) is 40.0 Å². The van der Waals surface area contributed by atoms with Crippen LogP contribution in [0.2, 0.25) is 0 Å². The molecule has 0 heterocycles. The molecule has 1 aromatic rings. The maximum absolute atomic E-state index is 12.1. The van der Waals surface area contributed by atoms with Crippen molar-refractivity contribution >= 4 is 23.4 Å². The lowest BCUT2D eigenvalue weighted by Gasteiger charge is -2.21. The van der Waals surface area contributed by atoms with Crippen LogP contribution in [-0.4, -0.2) is 34.6 Å². The number of hydrogen-bond donors (Lipinski definition) is 2. The third kappa shape index (κ3) is 2.90. The van der Waals surface area contributed by atoms with Crippen molar-refractivity contribution in [1.29, 1.82) is 0 Å². The molecule has 104 valence electrons. The average molecular weight is 275 g/mol. The fourth-order valence-electron chi connectivity index (χ4n) is 2.13. The first kappa shape index (κ1) is 13.9. The highest BCUT2D eigenvalue weighted by Gasteiger charge is 2.29. The monoisotopic (exact) mass is 275 g/mol. The SMILES string of the molecule is O=C1CCC(NC(=O)c2ccccc2C(=O)O)C(=O)C1. The lowest BCUT2D eigenvalue weighted by molar-refractivity contribution is -0.131. The molecule has 0 radical (unpaired) electrons. The summed E-state index contributed by atoms with van der Waals surface area (Å²) in [6.07, 6.45) is 0.335. The van der Waals surface area contributed by atoms with Crippen LogP contribution in [0.3, 0.4) is 0 Å². The van der Waals surface area contributed by atoms with Crippen LogP contribution in [0.5, 0.6) is 0 Å². The lowest BCUT2D eigenvalue weighted by Crippen LogP contribution is -2.44. The van der Waals surface area contributed by atoms with Gasteiger partial charge in [0, 0.05) is 6.42 Å². The zero-order valence-electron chi connectivity index (χ0n) is 10.6. The molecule has 1 aliphatic carbocycles. The summed E-state index contributed by atoms with van der Waals surface area (Å²) < 4.78 is 0. The van der Waals surface area contributed by atoms with Gasteiger partial charge in [0.15, 0.2) is 5.78 Å². The van der Waals surface area contributed by atoms with Crippen LogP contribution >= 0.6 is 0 Å². The van der Waals surface area contributed by atoms with E-state index in [-0.39, 0.29) is 42.0 Å². The van der Waals surface area contributed by atoms with Crippen molar-refractivity contribution in [2.75, 3.05) is 0 Å². The van der Waals surface area contributed by atoms with E-state index in [1.165, 1.54) is 18.2 Å². The van der Waals surface area contributed by atoms with Crippen LogP contribution in [0.15, 0.2) is 24.3 Å². The molecule has 2 rings (SSSR count). The van der Waals surface area contributed by atoms with Crippen LogP contribution < -0.4 is 5.32 Å². The minimum absolute atomic E-state index is 0.00435. The Bertz CT molecular complexity index is 593. The van der Waals surface area contributed by atoms with Crippen molar-refractivity contribution < 1.29 is 24.3 Å². The summed E-state index contributed by atoms with van der Waals surface area (Å²) in [6.45, 7) is 0. The first-order chi connectivity index (χ1) is 9.49. The van der Waals surface area contributed by atoms with E-state index in [1.54, 1.807) is 6.07 Å². The second kappa shape index (κ2) is 5.64. The van der Waals surface area contributed by atoms with Crippen molar-refractivity contribution in [2.45, 2.75) is 25.3 Å². The van der Waals surface area contributed by atoms with E-state index >= 15 is 0 Å². The van der Waals surface area contributed by atoms with Gasteiger partial charge in [0.1, 0.15) is 5.78 Å². The van der Waals surface area contributed by atoms with Crippen molar-refractivity contribution in [3.8, 4) is 0 Å². The van der Waals surface area contributed by atoms with Gasteiger partial charge in [0.25, 0.3) is 5.91 Å². The Morgan fingerprint density at radius 3 is 2.40 bits per heavy atom. The quantitative estimate of drug-likeness (QED) is 0.795. The summed E-state index contributed by atoms with van der Waals surface area (Å²) >= 11 is 0. The smallest absolute Gasteiger partial charge is 0.336 e. The number of carboxylic acid groups (broad SMARTS) is 1. The molecule has 0 aromatic heterocycles. The molecular weight excluding hydrogens is 262 g/mol. The summed E-state index contributed by atoms with van der Waals surface area (Å²) in [5.74, 6) is -2.29. The third-order valence-corrected chi connectivity index (χ3v) is 3.18. The molecule has 0 aliphatic heterocycles. The molecule has 20 heavy (non-hydrogen) atoms. The Morgan fingerprint density at radius 1 is 1.15 bits per heavy atom. The number of hydrogen-bond acceptors (Lipinski definition) is 4. The van der Waals surface area contributed by atoms with Gasteiger partial charge in [-0.15, -0.1) is 0 Å². The molecule has 0 saturated heterocycles. The van der Waals surface area contributed by atoms with Gasteiger partial charge in [-0.3, -0.25) is 14.4 Å². The van der Waals surface area contributed by atoms with Gasteiger partial charge in [-0.05, 0) is 18.6 Å². The molecule has 1 atom stereocenters. The lowest BCUT2D eigenvalue weighted by atomic mass is 9.92. The number of rotatable bonds is 3. The van der Waals surface area contributed by atoms with E-state index in [9.17, 15) is 19.2 Å². The van der Waals surface area contributed by atoms with Gasteiger partial charge in [-0.1, -0.05) is 12.1 Å². The summed E-state index contributed by atoms with van der Waals surface area (Å²) in [5, 5.41) is 11.5. The normalized spacial score (nSPS) is 18.7. The van der Waals surface area contributed by atoms with E-state index in [4.69, 9.17) is 5.11 Å². The summed E-state index contributed by atoms with van der Waals surface area (Å²) in [7, 11) is 0. The zero-order valence-corrected chi connectivity index (χ0v) is 10.6. The molecule has 1 aliphatic rings. The highest BCUT2D eigenvalue weighted by Crippen LogP contribution is 2.14. The van der Waals surface area contributed by atoms with Gasteiger partial charge in [0.05, 0.1) is 23.6 Å². The number of benzene rings is 1. The molecule has 1 fully saturated rings. The Balaban J connectivity index is 2.15. The largest absolute Gasteiger partial charge is 0.478 e. The Hall–Kier alpha value is -2.50. The van der Waals surface area contributed by atoms with Gasteiger partial charge >= 0.3 is 5.97 Å². The molecule has 1 amide bonds. The Labute approximate surface area is 114 Å². The summed E-state index contributed by atoms with van der Waals surface area (Å²) in [5.41, 5.74) is -0.117. The number of carbonyl (C=O) groups excluding carboxylic acids is 3. The number of aromatic carboxylic acids is 1. The van der Waals surface area contributed by atoms with E-state index in [2.05, 4.69) is 5.32 Å². The van der Waals surface area contributed by atoms with Crippen LogP contribution in [0.4, 0.5) is 0 Å². The molecule has 1 unspecified atom stereocenters. The molecule has 0 spiro atoms. The fourth-order valence-corrected chi connectivity index (χ4v) is 2.13.